The van der Waals surface area contributed by atoms with Gasteiger partial charge in [-0.3, -0.25) is 4.79 Å². The van der Waals surface area contributed by atoms with Crippen LogP contribution in [0.4, 0.5) is 5.13 Å². The van der Waals surface area contributed by atoms with E-state index in [0.29, 0.717) is 5.13 Å². The van der Waals surface area contributed by atoms with Gasteiger partial charge < -0.3 is 5.32 Å². The standard InChI is InChI=1S/C19H19N3OS/c1-14(12-15-8-4-2-5-9-15)17(23)13-20-19-22-21-18(24-19)16-10-6-3-7-11-16/h2-11,14H,12-13H2,1H3,(H,20,22). The number of nitrogens with one attached hydrogen (secondary N) is 1. The summed E-state index contributed by atoms with van der Waals surface area (Å²) in [5, 5.41) is 12.9. The Bertz CT molecular complexity index is 787. The molecule has 122 valence electrons. The third-order valence-corrected chi connectivity index (χ3v) is 4.72. The monoisotopic (exact) mass is 337 g/mol. The van der Waals surface area contributed by atoms with E-state index in [-0.39, 0.29) is 18.2 Å². The summed E-state index contributed by atoms with van der Waals surface area (Å²) in [5.74, 6) is 0.150. The zero-order chi connectivity index (χ0) is 16.8. The molecule has 1 N–H and O–H groups in total. The first-order chi connectivity index (χ1) is 11.7. The highest BCUT2D eigenvalue weighted by Gasteiger charge is 2.14. The van der Waals surface area contributed by atoms with E-state index in [4.69, 9.17) is 0 Å². The van der Waals surface area contributed by atoms with E-state index in [9.17, 15) is 4.79 Å². The number of hydrogen-bond acceptors (Lipinski definition) is 5. The Morgan fingerprint density at radius 3 is 2.42 bits per heavy atom. The minimum Gasteiger partial charge on any atom is -0.353 e. The summed E-state index contributed by atoms with van der Waals surface area (Å²) in [6, 6.07) is 20.0. The molecule has 0 aliphatic rings. The molecule has 0 fully saturated rings. The van der Waals surface area contributed by atoms with Crippen LogP contribution in [0.5, 0.6) is 0 Å². The third kappa shape index (κ3) is 4.26. The Kier molecular flexibility index (Phi) is 5.33. The van der Waals surface area contributed by atoms with Gasteiger partial charge in [0.1, 0.15) is 5.01 Å². The first-order valence-corrected chi connectivity index (χ1v) is 8.73. The molecule has 0 amide bonds. The van der Waals surface area contributed by atoms with Crippen molar-refractivity contribution in [3.8, 4) is 10.6 Å². The van der Waals surface area contributed by atoms with Gasteiger partial charge in [-0.05, 0) is 12.0 Å². The van der Waals surface area contributed by atoms with Crippen LogP contribution < -0.4 is 5.32 Å². The summed E-state index contributed by atoms with van der Waals surface area (Å²) in [6.07, 6.45) is 0.757. The van der Waals surface area contributed by atoms with E-state index in [1.54, 1.807) is 0 Å². The van der Waals surface area contributed by atoms with Crippen LogP contribution in [0.25, 0.3) is 10.6 Å². The fraction of sp³-hybridized carbons (Fsp3) is 0.211. The van der Waals surface area contributed by atoms with Crippen LogP contribution in [-0.2, 0) is 11.2 Å². The van der Waals surface area contributed by atoms with Gasteiger partial charge in [-0.1, -0.05) is 78.9 Å². The SMILES string of the molecule is CC(Cc1ccccc1)C(=O)CNc1nnc(-c2ccccc2)s1. The molecular weight excluding hydrogens is 318 g/mol. The summed E-state index contributed by atoms with van der Waals surface area (Å²) in [5.41, 5.74) is 2.22. The van der Waals surface area contributed by atoms with Crippen LogP contribution in [0.3, 0.4) is 0 Å². The van der Waals surface area contributed by atoms with E-state index in [1.165, 1.54) is 16.9 Å². The van der Waals surface area contributed by atoms with Crippen molar-refractivity contribution in [2.24, 2.45) is 5.92 Å². The van der Waals surface area contributed by atoms with E-state index in [0.717, 1.165) is 17.0 Å². The Hall–Kier alpha value is -2.53. The van der Waals surface area contributed by atoms with Crippen LogP contribution in [0.15, 0.2) is 60.7 Å². The fourth-order valence-corrected chi connectivity index (χ4v) is 3.16. The van der Waals surface area contributed by atoms with Crippen LogP contribution in [0, 0.1) is 5.92 Å². The van der Waals surface area contributed by atoms with E-state index < -0.39 is 0 Å². The Balaban J connectivity index is 1.54. The van der Waals surface area contributed by atoms with Crippen LogP contribution >= 0.6 is 11.3 Å². The number of rotatable bonds is 7. The van der Waals surface area contributed by atoms with Gasteiger partial charge in [-0.25, -0.2) is 0 Å². The number of anilines is 1. The fourth-order valence-electron chi connectivity index (χ4n) is 2.41. The minimum atomic E-state index is -0.0265. The van der Waals surface area contributed by atoms with Gasteiger partial charge >= 0.3 is 0 Å². The van der Waals surface area contributed by atoms with Crippen molar-refractivity contribution in [3.05, 3.63) is 66.2 Å². The second kappa shape index (κ2) is 7.84. The molecule has 2 aromatic carbocycles. The molecule has 0 aliphatic heterocycles. The average molecular weight is 337 g/mol. The van der Waals surface area contributed by atoms with Crippen molar-refractivity contribution in [2.75, 3.05) is 11.9 Å². The smallest absolute Gasteiger partial charge is 0.206 e. The highest BCUT2D eigenvalue weighted by molar-refractivity contribution is 7.18. The maximum Gasteiger partial charge on any atom is 0.206 e. The molecule has 3 rings (SSSR count). The highest BCUT2D eigenvalue weighted by Crippen LogP contribution is 2.25. The number of carbonyl (C=O) groups excluding carboxylic acids is 1. The van der Waals surface area contributed by atoms with Crippen molar-refractivity contribution in [1.82, 2.24) is 10.2 Å². The first-order valence-electron chi connectivity index (χ1n) is 7.92. The average Bonchev–Trinajstić information content (AvgIpc) is 3.10. The van der Waals surface area contributed by atoms with Gasteiger partial charge in [0.2, 0.25) is 5.13 Å². The number of Topliss-reactive ketones (excluding diaryl/α,β-unsaturated/α-hetero) is 1. The predicted octanol–water partition coefficient (Wildman–Crippen LogP) is 4.06. The number of ketones is 1. The lowest BCUT2D eigenvalue weighted by molar-refractivity contribution is -0.120. The minimum absolute atomic E-state index is 0.0265. The number of hydrogen-bond donors (Lipinski definition) is 1. The van der Waals surface area contributed by atoms with Crippen molar-refractivity contribution >= 4 is 22.3 Å². The van der Waals surface area contributed by atoms with Crippen LogP contribution in [0.1, 0.15) is 12.5 Å². The Labute approximate surface area is 145 Å². The van der Waals surface area contributed by atoms with Gasteiger partial charge in [-0.15, -0.1) is 10.2 Å². The Morgan fingerprint density at radius 2 is 1.71 bits per heavy atom. The zero-order valence-electron chi connectivity index (χ0n) is 13.5. The number of benzene rings is 2. The molecule has 0 saturated carbocycles. The topological polar surface area (TPSA) is 54.9 Å². The zero-order valence-corrected chi connectivity index (χ0v) is 14.3. The number of aromatic nitrogens is 2. The van der Waals surface area contributed by atoms with Crippen LogP contribution in [-0.4, -0.2) is 22.5 Å². The first kappa shape index (κ1) is 16.3. The van der Waals surface area contributed by atoms with Gasteiger partial charge in [0.25, 0.3) is 0 Å². The van der Waals surface area contributed by atoms with Gasteiger partial charge in [0.05, 0.1) is 6.54 Å². The second-order valence-corrected chi connectivity index (χ2v) is 6.67. The third-order valence-electron chi connectivity index (χ3n) is 3.79. The van der Waals surface area contributed by atoms with Crippen LogP contribution in [0.2, 0.25) is 0 Å². The van der Waals surface area contributed by atoms with E-state index in [2.05, 4.69) is 15.5 Å². The second-order valence-electron chi connectivity index (χ2n) is 5.69. The lowest BCUT2D eigenvalue weighted by Gasteiger charge is -2.10. The number of nitrogens with zero attached hydrogens (tertiary/aromatic N) is 2. The summed E-state index contributed by atoms with van der Waals surface area (Å²) in [4.78, 5) is 12.3. The summed E-state index contributed by atoms with van der Waals surface area (Å²) < 4.78 is 0. The van der Waals surface area contributed by atoms with Gasteiger partial charge in [-0.2, -0.15) is 0 Å². The normalized spacial score (nSPS) is 11.9. The van der Waals surface area contributed by atoms with Crippen molar-refractivity contribution in [1.29, 1.82) is 0 Å². The summed E-state index contributed by atoms with van der Waals surface area (Å²) in [6.45, 7) is 2.24. The predicted molar refractivity (Wildman–Crippen MR) is 98.2 cm³/mol. The lowest BCUT2D eigenvalue weighted by Crippen LogP contribution is -2.22. The summed E-state index contributed by atoms with van der Waals surface area (Å²) >= 11 is 1.46. The summed E-state index contributed by atoms with van der Waals surface area (Å²) in [7, 11) is 0. The maximum absolute atomic E-state index is 12.3. The van der Waals surface area contributed by atoms with E-state index >= 15 is 0 Å². The maximum atomic E-state index is 12.3. The molecule has 0 spiro atoms. The molecule has 1 unspecified atom stereocenters. The van der Waals surface area contributed by atoms with Crippen molar-refractivity contribution < 1.29 is 4.79 Å². The van der Waals surface area contributed by atoms with Gasteiger partial charge in [0, 0.05) is 11.5 Å². The Morgan fingerprint density at radius 1 is 1.04 bits per heavy atom. The molecule has 5 heteroatoms. The lowest BCUT2D eigenvalue weighted by atomic mass is 9.97. The number of carbonyl (C=O) groups is 1. The molecule has 0 bridgehead atoms. The molecule has 0 saturated heterocycles. The molecule has 1 atom stereocenters. The molecular formula is C19H19N3OS. The molecule has 4 nitrogen and oxygen atoms in total. The quantitative estimate of drug-likeness (QED) is 0.706. The van der Waals surface area contributed by atoms with Crippen molar-refractivity contribution in [2.45, 2.75) is 13.3 Å². The van der Waals surface area contributed by atoms with Crippen molar-refractivity contribution in [3.63, 3.8) is 0 Å². The molecule has 1 heterocycles. The molecule has 3 aromatic rings. The molecule has 1 aromatic heterocycles. The molecule has 0 aliphatic carbocycles. The highest BCUT2D eigenvalue weighted by atomic mass is 32.1. The molecule has 0 radical (unpaired) electrons. The van der Waals surface area contributed by atoms with Gasteiger partial charge in [0.15, 0.2) is 5.78 Å². The van der Waals surface area contributed by atoms with E-state index in [1.807, 2.05) is 67.6 Å². The molecule has 24 heavy (non-hydrogen) atoms. The largest absolute Gasteiger partial charge is 0.353 e.